The molecule has 1 aliphatic carbocycles. The van der Waals surface area contributed by atoms with Crippen molar-refractivity contribution in [3.8, 4) is 0 Å². The Morgan fingerprint density at radius 2 is 2.12 bits per heavy atom. The van der Waals surface area contributed by atoms with Crippen molar-refractivity contribution in [3.05, 3.63) is 29.6 Å². The number of nitrogens with zero attached hydrogens (tertiary/aromatic N) is 3. The van der Waals surface area contributed by atoms with Gasteiger partial charge in [0, 0.05) is 31.4 Å². The maximum atomic E-state index is 6.21. The number of hydrogen-bond acceptors (Lipinski definition) is 5. The Balaban J connectivity index is 1.52. The van der Waals surface area contributed by atoms with Crippen LogP contribution in [0.1, 0.15) is 38.1 Å². The lowest BCUT2D eigenvalue weighted by molar-refractivity contribution is -0.117. The number of hydrogen-bond donors (Lipinski definition) is 0. The van der Waals surface area contributed by atoms with Crippen molar-refractivity contribution in [1.29, 1.82) is 0 Å². The Labute approximate surface area is 152 Å². The van der Waals surface area contributed by atoms with E-state index in [-0.39, 0.29) is 12.2 Å². The quantitative estimate of drug-likeness (QED) is 0.722. The van der Waals surface area contributed by atoms with Gasteiger partial charge >= 0.3 is 0 Å². The SMILES string of the molecule is CCN(CC)CCN1CCO[C@H]2[C@H](OCc3cccc(C)n3)CC[C@@H]21. The molecule has 2 heterocycles. The van der Waals surface area contributed by atoms with Crippen LogP contribution in [0.2, 0.25) is 0 Å². The fraction of sp³-hybridized carbons (Fsp3) is 0.750. The van der Waals surface area contributed by atoms with E-state index in [9.17, 15) is 0 Å². The summed E-state index contributed by atoms with van der Waals surface area (Å²) in [6, 6.07) is 6.62. The number of morpholine rings is 1. The first-order valence-corrected chi connectivity index (χ1v) is 9.83. The lowest BCUT2D eigenvalue weighted by Gasteiger charge is -2.39. The van der Waals surface area contributed by atoms with Crippen molar-refractivity contribution >= 4 is 0 Å². The molecule has 0 amide bonds. The molecule has 0 aromatic carbocycles. The second-order valence-corrected chi connectivity index (χ2v) is 7.16. The number of fused-ring (bicyclic) bond motifs is 1. The second-order valence-electron chi connectivity index (χ2n) is 7.16. The summed E-state index contributed by atoms with van der Waals surface area (Å²) < 4.78 is 12.3. The molecule has 3 rings (SSSR count). The third-order valence-electron chi connectivity index (χ3n) is 5.64. The average Bonchev–Trinajstić information content (AvgIpc) is 3.05. The fourth-order valence-corrected chi connectivity index (χ4v) is 4.13. The van der Waals surface area contributed by atoms with Crippen LogP contribution < -0.4 is 0 Å². The van der Waals surface area contributed by atoms with Gasteiger partial charge in [0.15, 0.2) is 0 Å². The van der Waals surface area contributed by atoms with Gasteiger partial charge in [-0.05, 0) is 45.0 Å². The molecule has 0 N–H and O–H groups in total. The smallest absolute Gasteiger partial charge is 0.0992 e. The summed E-state index contributed by atoms with van der Waals surface area (Å²) in [4.78, 5) is 9.66. The molecule has 0 radical (unpaired) electrons. The zero-order chi connectivity index (χ0) is 17.6. The molecule has 1 aromatic rings. The molecule has 2 aliphatic rings. The van der Waals surface area contributed by atoms with E-state index in [0.29, 0.717) is 12.6 Å². The number of rotatable bonds is 8. The first-order valence-electron chi connectivity index (χ1n) is 9.83. The highest BCUT2D eigenvalue weighted by molar-refractivity contribution is 5.09. The molecule has 1 saturated heterocycles. The number of ether oxygens (including phenoxy) is 2. The third kappa shape index (κ3) is 4.79. The summed E-state index contributed by atoms with van der Waals surface area (Å²) in [5.74, 6) is 0. The summed E-state index contributed by atoms with van der Waals surface area (Å²) in [6.45, 7) is 13.5. The predicted octanol–water partition coefficient (Wildman–Crippen LogP) is 2.48. The van der Waals surface area contributed by atoms with E-state index in [1.54, 1.807) is 0 Å². The maximum absolute atomic E-state index is 6.21. The maximum Gasteiger partial charge on any atom is 0.0992 e. The molecular weight excluding hydrogens is 314 g/mol. The van der Waals surface area contributed by atoms with Gasteiger partial charge in [0.05, 0.1) is 31.1 Å². The number of aromatic nitrogens is 1. The fourth-order valence-electron chi connectivity index (χ4n) is 4.13. The van der Waals surface area contributed by atoms with Crippen LogP contribution in [0.25, 0.3) is 0 Å². The van der Waals surface area contributed by atoms with Crippen LogP contribution in [0.5, 0.6) is 0 Å². The van der Waals surface area contributed by atoms with Gasteiger partial charge in [0.1, 0.15) is 0 Å². The summed E-state index contributed by atoms with van der Waals surface area (Å²) in [5.41, 5.74) is 2.06. The largest absolute Gasteiger partial charge is 0.373 e. The highest BCUT2D eigenvalue weighted by atomic mass is 16.5. The topological polar surface area (TPSA) is 37.8 Å². The standard InChI is InChI=1S/C20H33N3O2/c1-4-22(5-2)11-12-23-13-14-24-20-18(23)9-10-19(20)25-15-17-8-6-7-16(3)21-17/h6-8,18-20H,4-5,9-15H2,1-3H3/t18-,19+,20+/m0/s1. The Kier molecular flexibility index (Phi) is 6.82. The molecular formula is C20H33N3O2. The summed E-state index contributed by atoms with van der Waals surface area (Å²) in [6.07, 6.45) is 2.68. The van der Waals surface area contributed by atoms with E-state index in [2.05, 4.69) is 28.6 Å². The molecule has 2 fully saturated rings. The molecule has 1 aromatic heterocycles. The first-order chi connectivity index (χ1) is 12.2. The molecule has 25 heavy (non-hydrogen) atoms. The van der Waals surface area contributed by atoms with Crippen LogP contribution >= 0.6 is 0 Å². The second kappa shape index (κ2) is 9.08. The van der Waals surface area contributed by atoms with E-state index in [0.717, 1.165) is 57.1 Å². The first kappa shape index (κ1) is 18.8. The number of likely N-dealkylation sites (N-methyl/N-ethyl adjacent to an activating group) is 1. The van der Waals surface area contributed by atoms with Crippen molar-refractivity contribution in [3.63, 3.8) is 0 Å². The van der Waals surface area contributed by atoms with Crippen molar-refractivity contribution < 1.29 is 9.47 Å². The van der Waals surface area contributed by atoms with Gasteiger partial charge in [-0.25, -0.2) is 0 Å². The normalized spacial score (nSPS) is 27.0. The van der Waals surface area contributed by atoms with Crippen LogP contribution in [0.15, 0.2) is 18.2 Å². The van der Waals surface area contributed by atoms with Crippen LogP contribution in [0.3, 0.4) is 0 Å². The van der Waals surface area contributed by atoms with Crippen LogP contribution in [0.4, 0.5) is 0 Å². The van der Waals surface area contributed by atoms with Gasteiger partial charge in [-0.15, -0.1) is 0 Å². The molecule has 1 saturated carbocycles. The van der Waals surface area contributed by atoms with E-state index >= 15 is 0 Å². The van der Waals surface area contributed by atoms with Gasteiger partial charge < -0.3 is 14.4 Å². The molecule has 140 valence electrons. The van der Waals surface area contributed by atoms with Crippen LogP contribution in [-0.2, 0) is 16.1 Å². The predicted molar refractivity (Wildman–Crippen MR) is 99.7 cm³/mol. The Morgan fingerprint density at radius 1 is 1.28 bits per heavy atom. The molecule has 1 aliphatic heterocycles. The van der Waals surface area contributed by atoms with E-state index in [1.807, 2.05) is 25.1 Å². The summed E-state index contributed by atoms with van der Waals surface area (Å²) in [5, 5.41) is 0. The van der Waals surface area contributed by atoms with Crippen molar-refractivity contribution in [2.75, 3.05) is 39.3 Å². The monoisotopic (exact) mass is 347 g/mol. The van der Waals surface area contributed by atoms with Gasteiger partial charge in [-0.3, -0.25) is 9.88 Å². The van der Waals surface area contributed by atoms with Gasteiger partial charge in [0.25, 0.3) is 0 Å². The van der Waals surface area contributed by atoms with Crippen molar-refractivity contribution in [1.82, 2.24) is 14.8 Å². The Hall–Kier alpha value is -1.01. The lowest BCUT2D eigenvalue weighted by Crippen LogP contribution is -2.53. The van der Waals surface area contributed by atoms with E-state index in [1.165, 1.54) is 6.42 Å². The van der Waals surface area contributed by atoms with Gasteiger partial charge in [-0.2, -0.15) is 0 Å². The van der Waals surface area contributed by atoms with Gasteiger partial charge in [0.2, 0.25) is 0 Å². The van der Waals surface area contributed by atoms with E-state index in [4.69, 9.17) is 9.47 Å². The van der Waals surface area contributed by atoms with Crippen molar-refractivity contribution in [2.24, 2.45) is 0 Å². The minimum atomic E-state index is 0.198. The third-order valence-corrected chi connectivity index (χ3v) is 5.64. The molecule has 5 nitrogen and oxygen atoms in total. The van der Waals surface area contributed by atoms with E-state index < -0.39 is 0 Å². The van der Waals surface area contributed by atoms with Gasteiger partial charge in [-0.1, -0.05) is 19.9 Å². The minimum absolute atomic E-state index is 0.198. The zero-order valence-electron chi connectivity index (χ0n) is 16.0. The lowest BCUT2D eigenvalue weighted by atomic mass is 10.1. The number of aryl methyl sites for hydroxylation is 1. The average molecular weight is 348 g/mol. The molecule has 0 bridgehead atoms. The number of pyridine rings is 1. The summed E-state index contributed by atoms with van der Waals surface area (Å²) in [7, 11) is 0. The minimum Gasteiger partial charge on any atom is -0.373 e. The highest BCUT2D eigenvalue weighted by Gasteiger charge is 2.43. The van der Waals surface area contributed by atoms with Crippen LogP contribution in [0, 0.1) is 6.92 Å². The molecule has 3 atom stereocenters. The molecule has 0 spiro atoms. The summed E-state index contributed by atoms with van der Waals surface area (Å²) >= 11 is 0. The van der Waals surface area contributed by atoms with Crippen molar-refractivity contribution in [2.45, 2.75) is 58.5 Å². The van der Waals surface area contributed by atoms with Crippen LogP contribution in [-0.4, -0.2) is 72.4 Å². The molecule has 0 unspecified atom stereocenters. The Bertz CT molecular complexity index is 535. The zero-order valence-corrected chi connectivity index (χ0v) is 16.0. The highest BCUT2D eigenvalue weighted by Crippen LogP contribution is 2.32. The Morgan fingerprint density at radius 3 is 2.88 bits per heavy atom. The molecule has 5 heteroatoms.